The van der Waals surface area contributed by atoms with Gasteiger partial charge in [-0.1, -0.05) is 6.07 Å². The van der Waals surface area contributed by atoms with E-state index in [0.717, 1.165) is 0 Å². The number of carbonyl (C=O) groups excluding carboxylic acids is 2. The smallest absolute Gasteiger partial charge is 0.270 e. The Labute approximate surface area is 110 Å². The van der Waals surface area contributed by atoms with E-state index in [2.05, 4.69) is 0 Å². The highest BCUT2D eigenvalue weighted by atomic mass is 16.6. The minimum Gasteiger partial charge on any atom is -0.331 e. The van der Waals surface area contributed by atoms with Crippen molar-refractivity contribution in [2.24, 2.45) is 0 Å². The molecular formula is C13H14N2O4. The Bertz CT molecular complexity index is 554. The maximum absolute atomic E-state index is 12.3. The summed E-state index contributed by atoms with van der Waals surface area (Å²) in [6, 6.07) is 4.20. The molecule has 1 fully saturated rings. The lowest BCUT2D eigenvalue weighted by molar-refractivity contribution is -0.384. The molecule has 1 aliphatic heterocycles. The van der Waals surface area contributed by atoms with Crippen LogP contribution >= 0.6 is 0 Å². The second-order valence-electron chi connectivity index (χ2n) is 4.63. The number of non-ortho nitro benzene ring substituents is 1. The fraction of sp³-hybridized carbons (Fsp3) is 0.385. The van der Waals surface area contributed by atoms with Crippen LogP contribution in [-0.4, -0.2) is 34.6 Å². The van der Waals surface area contributed by atoms with Crippen molar-refractivity contribution in [3.05, 3.63) is 39.4 Å². The fourth-order valence-electron chi connectivity index (χ4n) is 2.14. The van der Waals surface area contributed by atoms with E-state index in [0.29, 0.717) is 30.5 Å². The SMILES string of the molecule is Cc1ccc([N+](=O)[O-])cc1C(=O)N1CCCC(=O)C1. The molecule has 0 saturated carbocycles. The molecule has 0 spiro atoms. The van der Waals surface area contributed by atoms with E-state index in [9.17, 15) is 19.7 Å². The van der Waals surface area contributed by atoms with Crippen molar-refractivity contribution < 1.29 is 14.5 Å². The average Bonchev–Trinajstić information content (AvgIpc) is 2.38. The zero-order valence-electron chi connectivity index (χ0n) is 10.6. The van der Waals surface area contributed by atoms with Gasteiger partial charge < -0.3 is 4.90 Å². The van der Waals surface area contributed by atoms with Crippen molar-refractivity contribution in [2.45, 2.75) is 19.8 Å². The third-order valence-corrected chi connectivity index (χ3v) is 3.20. The monoisotopic (exact) mass is 262 g/mol. The van der Waals surface area contributed by atoms with Gasteiger partial charge in [0.15, 0.2) is 5.78 Å². The van der Waals surface area contributed by atoms with Crippen LogP contribution in [0.2, 0.25) is 0 Å². The predicted octanol–water partition coefficient (Wildman–Crippen LogP) is 1.71. The van der Waals surface area contributed by atoms with Crippen molar-refractivity contribution in [1.29, 1.82) is 0 Å². The van der Waals surface area contributed by atoms with Gasteiger partial charge in [0.25, 0.3) is 11.6 Å². The molecule has 1 saturated heterocycles. The maximum Gasteiger partial charge on any atom is 0.270 e. The third kappa shape index (κ3) is 2.78. The highest BCUT2D eigenvalue weighted by Gasteiger charge is 2.24. The first-order valence-corrected chi connectivity index (χ1v) is 6.05. The van der Waals surface area contributed by atoms with E-state index in [-0.39, 0.29) is 23.9 Å². The summed E-state index contributed by atoms with van der Waals surface area (Å²) in [4.78, 5) is 35.3. The molecule has 2 rings (SSSR count). The van der Waals surface area contributed by atoms with Gasteiger partial charge in [0, 0.05) is 30.7 Å². The topological polar surface area (TPSA) is 80.5 Å². The van der Waals surface area contributed by atoms with Crippen LogP contribution < -0.4 is 0 Å². The molecule has 1 aromatic carbocycles. The van der Waals surface area contributed by atoms with Crippen LogP contribution in [0.1, 0.15) is 28.8 Å². The number of nitro groups is 1. The lowest BCUT2D eigenvalue weighted by atomic mass is 10.0. The summed E-state index contributed by atoms with van der Waals surface area (Å²) in [6.07, 6.45) is 1.15. The van der Waals surface area contributed by atoms with E-state index in [4.69, 9.17) is 0 Å². The van der Waals surface area contributed by atoms with Crippen LogP contribution in [0.5, 0.6) is 0 Å². The molecule has 0 unspecified atom stereocenters. The molecule has 100 valence electrons. The van der Waals surface area contributed by atoms with Crippen LogP contribution in [0, 0.1) is 17.0 Å². The van der Waals surface area contributed by atoms with Crippen molar-refractivity contribution in [1.82, 2.24) is 4.90 Å². The summed E-state index contributed by atoms with van der Waals surface area (Å²) in [5, 5.41) is 10.7. The molecule has 0 aromatic heterocycles. The Hall–Kier alpha value is -2.24. The van der Waals surface area contributed by atoms with E-state index in [1.807, 2.05) is 0 Å². The van der Waals surface area contributed by atoms with Gasteiger partial charge in [-0.15, -0.1) is 0 Å². The van der Waals surface area contributed by atoms with Gasteiger partial charge in [-0.05, 0) is 18.9 Å². The maximum atomic E-state index is 12.3. The summed E-state index contributed by atoms with van der Waals surface area (Å²) in [5.41, 5.74) is 0.856. The van der Waals surface area contributed by atoms with E-state index >= 15 is 0 Å². The van der Waals surface area contributed by atoms with Crippen LogP contribution in [0.4, 0.5) is 5.69 Å². The second kappa shape index (κ2) is 5.17. The summed E-state index contributed by atoms with van der Waals surface area (Å²) >= 11 is 0. The molecule has 1 aliphatic rings. The first-order chi connectivity index (χ1) is 8.99. The molecule has 1 aromatic rings. The number of nitro benzene ring substituents is 1. The van der Waals surface area contributed by atoms with E-state index < -0.39 is 4.92 Å². The molecule has 6 nitrogen and oxygen atoms in total. The van der Waals surface area contributed by atoms with Crippen molar-refractivity contribution >= 4 is 17.4 Å². The third-order valence-electron chi connectivity index (χ3n) is 3.20. The van der Waals surface area contributed by atoms with Gasteiger partial charge >= 0.3 is 0 Å². The van der Waals surface area contributed by atoms with E-state index in [1.165, 1.54) is 17.0 Å². The molecule has 0 bridgehead atoms. The lowest BCUT2D eigenvalue weighted by Crippen LogP contribution is -2.40. The quantitative estimate of drug-likeness (QED) is 0.600. The highest BCUT2D eigenvalue weighted by molar-refractivity contribution is 5.99. The molecule has 0 atom stereocenters. The van der Waals surface area contributed by atoms with Gasteiger partial charge in [-0.3, -0.25) is 19.7 Å². The number of piperidine rings is 1. The standard InChI is InChI=1S/C13H14N2O4/c1-9-4-5-10(15(18)19)7-12(9)13(17)14-6-2-3-11(16)8-14/h4-5,7H,2-3,6,8H2,1H3. The summed E-state index contributed by atoms with van der Waals surface area (Å²) in [6.45, 7) is 2.34. The molecule has 19 heavy (non-hydrogen) atoms. The molecular weight excluding hydrogens is 248 g/mol. The van der Waals surface area contributed by atoms with Crippen LogP contribution in [0.15, 0.2) is 18.2 Å². The number of Topliss-reactive ketones (excluding diaryl/α,β-unsaturated/α-hetero) is 1. The summed E-state index contributed by atoms with van der Waals surface area (Å²) < 4.78 is 0. The number of rotatable bonds is 2. The second-order valence-corrected chi connectivity index (χ2v) is 4.63. The Morgan fingerprint density at radius 3 is 2.79 bits per heavy atom. The highest BCUT2D eigenvalue weighted by Crippen LogP contribution is 2.20. The molecule has 6 heteroatoms. The summed E-state index contributed by atoms with van der Waals surface area (Å²) in [5.74, 6) is -0.281. The van der Waals surface area contributed by atoms with Crippen molar-refractivity contribution in [2.75, 3.05) is 13.1 Å². The number of hydrogen-bond acceptors (Lipinski definition) is 4. The number of nitrogens with zero attached hydrogens (tertiary/aromatic N) is 2. The number of benzene rings is 1. The van der Waals surface area contributed by atoms with Gasteiger partial charge in [-0.25, -0.2) is 0 Å². The van der Waals surface area contributed by atoms with Gasteiger partial charge in [0.05, 0.1) is 11.5 Å². The Morgan fingerprint density at radius 2 is 2.16 bits per heavy atom. The van der Waals surface area contributed by atoms with Gasteiger partial charge in [0.1, 0.15) is 0 Å². The lowest BCUT2D eigenvalue weighted by Gasteiger charge is -2.26. The van der Waals surface area contributed by atoms with Crippen LogP contribution in [0.3, 0.4) is 0 Å². The molecule has 0 N–H and O–H groups in total. The zero-order chi connectivity index (χ0) is 14.0. The minimum absolute atomic E-state index is 0.0303. The van der Waals surface area contributed by atoms with Crippen LogP contribution in [0.25, 0.3) is 0 Å². The number of aryl methyl sites for hydroxylation is 1. The van der Waals surface area contributed by atoms with Crippen molar-refractivity contribution in [3.63, 3.8) is 0 Å². The number of amides is 1. The number of likely N-dealkylation sites (tertiary alicyclic amines) is 1. The first-order valence-electron chi connectivity index (χ1n) is 6.05. The Morgan fingerprint density at radius 1 is 1.42 bits per heavy atom. The van der Waals surface area contributed by atoms with Gasteiger partial charge in [-0.2, -0.15) is 0 Å². The zero-order valence-corrected chi connectivity index (χ0v) is 10.6. The molecule has 0 radical (unpaired) electrons. The molecule has 1 amide bonds. The number of hydrogen-bond donors (Lipinski definition) is 0. The van der Waals surface area contributed by atoms with Crippen molar-refractivity contribution in [3.8, 4) is 0 Å². The van der Waals surface area contributed by atoms with Crippen LogP contribution in [-0.2, 0) is 4.79 Å². The summed E-state index contributed by atoms with van der Waals surface area (Å²) in [7, 11) is 0. The molecule has 0 aliphatic carbocycles. The number of ketones is 1. The predicted molar refractivity (Wildman–Crippen MR) is 68.0 cm³/mol. The largest absolute Gasteiger partial charge is 0.331 e. The Kier molecular flexibility index (Phi) is 3.59. The molecule has 1 heterocycles. The minimum atomic E-state index is -0.530. The first kappa shape index (κ1) is 13.2. The Balaban J connectivity index is 2.29. The fourth-order valence-corrected chi connectivity index (χ4v) is 2.14. The number of carbonyl (C=O) groups is 2. The normalized spacial score (nSPS) is 15.4. The average molecular weight is 262 g/mol. The van der Waals surface area contributed by atoms with E-state index in [1.54, 1.807) is 13.0 Å². The van der Waals surface area contributed by atoms with Gasteiger partial charge in [0.2, 0.25) is 0 Å².